The van der Waals surface area contributed by atoms with E-state index in [0.29, 0.717) is 37.2 Å². The number of para-hydroxylation sites is 3. The lowest BCUT2D eigenvalue weighted by Gasteiger charge is -2.29. The van der Waals surface area contributed by atoms with Crippen LogP contribution in [0.4, 0.5) is 24.5 Å². The van der Waals surface area contributed by atoms with Gasteiger partial charge in [-0.3, -0.25) is 14.9 Å². The number of aliphatic hydroxyl groups is 1. The first kappa shape index (κ1) is 35.4. The van der Waals surface area contributed by atoms with E-state index in [1.807, 2.05) is 11.0 Å². The maximum Gasteiger partial charge on any atom is 0.422 e. The number of rotatable bonds is 16. The number of hydrogen-bond acceptors (Lipinski definition) is 9. The van der Waals surface area contributed by atoms with Gasteiger partial charge in [0.2, 0.25) is 10.0 Å². The number of nitro benzene ring substituents is 1. The number of nitro groups is 1. The van der Waals surface area contributed by atoms with Crippen LogP contribution in [0, 0.1) is 10.1 Å². The SMILES string of the molecule is C[C@H](Cc1cc2c(c(C(N)=O)c1)N(CCCO)CC2)N(CCOc1ccccc1OCC(F)(F)F)S(=O)(=O)c1ccccc1[N+](=O)[O-]. The van der Waals surface area contributed by atoms with Crippen molar-refractivity contribution in [3.05, 3.63) is 87.5 Å². The van der Waals surface area contributed by atoms with E-state index in [9.17, 15) is 41.6 Å². The standard InChI is InChI=1S/C31H35F3N4O8S/c1-21(17-22-18-23-11-13-36(12-6-15-39)29(23)24(19-22)30(35)40)37(47(43,44)28-10-5-2-7-25(28)38(41)42)14-16-45-26-8-3-4-9-27(26)46-20-31(32,33)34/h2-5,7-10,18-19,21,39H,6,11-17,20H2,1H3,(H2,35,40)/t21-/m1/s1. The molecule has 16 heteroatoms. The van der Waals surface area contributed by atoms with Crippen molar-refractivity contribution in [2.45, 2.75) is 43.3 Å². The van der Waals surface area contributed by atoms with E-state index in [1.165, 1.54) is 36.4 Å². The summed E-state index contributed by atoms with van der Waals surface area (Å²) in [5.74, 6) is -0.921. The van der Waals surface area contributed by atoms with Crippen LogP contribution >= 0.6 is 0 Å². The lowest BCUT2D eigenvalue weighted by Crippen LogP contribution is -2.42. The summed E-state index contributed by atoms with van der Waals surface area (Å²) in [4.78, 5) is 24.9. The number of ether oxygens (including phenoxy) is 2. The molecule has 254 valence electrons. The van der Waals surface area contributed by atoms with Crippen LogP contribution in [0.15, 0.2) is 65.6 Å². The Bertz CT molecular complexity index is 1700. The van der Waals surface area contributed by atoms with E-state index in [4.69, 9.17) is 15.2 Å². The molecule has 1 heterocycles. The Hall–Kier alpha value is -4.41. The van der Waals surface area contributed by atoms with Gasteiger partial charge in [-0.1, -0.05) is 30.3 Å². The summed E-state index contributed by atoms with van der Waals surface area (Å²) in [5.41, 5.74) is 7.47. The number of fused-ring (bicyclic) bond motifs is 1. The molecule has 0 aliphatic carbocycles. The smallest absolute Gasteiger partial charge is 0.422 e. The molecule has 4 rings (SSSR count). The van der Waals surface area contributed by atoms with Gasteiger partial charge in [0.15, 0.2) is 23.0 Å². The predicted molar refractivity (Wildman–Crippen MR) is 166 cm³/mol. The maximum atomic E-state index is 14.0. The number of carbonyl (C=O) groups is 1. The number of sulfonamides is 1. The highest BCUT2D eigenvalue weighted by Crippen LogP contribution is 2.35. The summed E-state index contributed by atoms with van der Waals surface area (Å²) in [6, 6.07) is 13.1. The molecule has 47 heavy (non-hydrogen) atoms. The minimum Gasteiger partial charge on any atom is -0.488 e. The predicted octanol–water partition coefficient (Wildman–Crippen LogP) is 4.08. The monoisotopic (exact) mass is 680 g/mol. The molecule has 0 unspecified atom stereocenters. The molecule has 3 aromatic carbocycles. The highest BCUT2D eigenvalue weighted by Gasteiger charge is 2.35. The summed E-state index contributed by atoms with van der Waals surface area (Å²) in [5, 5.41) is 21.0. The minimum absolute atomic E-state index is 0.0207. The normalized spacial score (nSPS) is 13.8. The molecule has 0 bridgehead atoms. The Morgan fingerprint density at radius 3 is 2.43 bits per heavy atom. The van der Waals surface area contributed by atoms with Crippen molar-refractivity contribution in [1.29, 1.82) is 0 Å². The van der Waals surface area contributed by atoms with Crippen LogP contribution in [0.25, 0.3) is 0 Å². The van der Waals surface area contributed by atoms with Gasteiger partial charge in [0.1, 0.15) is 6.61 Å². The van der Waals surface area contributed by atoms with E-state index in [0.717, 1.165) is 22.0 Å². The Labute approximate surface area is 269 Å². The molecule has 1 atom stereocenters. The lowest BCUT2D eigenvalue weighted by molar-refractivity contribution is -0.387. The molecule has 3 N–H and O–H groups in total. The van der Waals surface area contributed by atoms with Gasteiger partial charge in [0, 0.05) is 38.3 Å². The van der Waals surface area contributed by atoms with Crippen LogP contribution in [-0.4, -0.2) is 80.3 Å². The first-order valence-electron chi connectivity index (χ1n) is 14.7. The molecule has 0 aromatic heterocycles. The summed E-state index contributed by atoms with van der Waals surface area (Å²) < 4.78 is 77.9. The Kier molecular flexibility index (Phi) is 11.3. The number of nitrogens with two attached hydrogens (primary N) is 1. The van der Waals surface area contributed by atoms with Gasteiger partial charge in [0.25, 0.3) is 11.6 Å². The average Bonchev–Trinajstić information content (AvgIpc) is 3.43. The third-order valence-electron chi connectivity index (χ3n) is 7.55. The van der Waals surface area contributed by atoms with Crippen molar-refractivity contribution >= 4 is 27.3 Å². The Balaban J connectivity index is 1.64. The Morgan fingerprint density at radius 2 is 1.79 bits per heavy atom. The third-order valence-corrected chi connectivity index (χ3v) is 9.61. The lowest BCUT2D eigenvalue weighted by atomic mass is 9.98. The van der Waals surface area contributed by atoms with Crippen LogP contribution in [0.1, 0.15) is 34.8 Å². The molecule has 1 amide bonds. The van der Waals surface area contributed by atoms with Crippen molar-refractivity contribution in [2.24, 2.45) is 5.73 Å². The first-order chi connectivity index (χ1) is 22.2. The summed E-state index contributed by atoms with van der Waals surface area (Å²) in [6.45, 7) is 0.462. The number of hydrogen-bond donors (Lipinski definition) is 2. The number of carbonyl (C=O) groups excluding carboxylic acids is 1. The molecule has 1 aliphatic rings. The van der Waals surface area contributed by atoms with Crippen LogP contribution in [0.3, 0.4) is 0 Å². The number of amides is 1. The quantitative estimate of drug-likeness (QED) is 0.168. The topological polar surface area (TPSA) is 166 Å². The zero-order valence-corrected chi connectivity index (χ0v) is 26.3. The van der Waals surface area contributed by atoms with Crippen molar-refractivity contribution in [3.8, 4) is 11.5 Å². The van der Waals surface area contributed by atoms with Crippen LogP contribution in [0.2, 0.25) is 0 Å². The molecule has 0 spiro atoms. The number of nitrogens with zero attached hydrogens (tertiary/aromatic N) is 3. The molecular weight excluding hydrogens is 645 g/mol. The van der Waals surface area contributed by atoms with Gasteiger partial charge >= 0.3 is 6.18 Å². The van der Waals surface area contributed by atoms with Gasteiger partial charge < -0.3 is 25.2 Å². The molecule has 0 radical (unpaired) electrons. The first-order valence-corrected chi connectivity index (χ1v) is 16.1. The van der Waals surface area contributed by atoms with Crippen molar-refractivity contribution < 1.29 is 45.9 Å². The number of alkyl halides is 3. The van der Waals surface area contributed by atoms with Crippen LogP contribution in [0.5, 0.6) is 11.5 Å². The van der Waals surface area contributed by atoms with E-state index in [2.05, 4.69) is 0 Å². The largest absolute Gasteiger partial charge is 0.488 e. The van der Waals surface area contributed by atoms with Gasteiger partial charge in [-0.05, 0) is 61.6 Å². The van der Waals surface area contributed by atoms with E-state index < -0.39 is 50.3 Å². The second-order valence-corrected chi connectivity index (χ2v) is 12.8. The van der Waals surface area contributed by atoms with Crippen molar-refractivity contribution in [1.82, 2.24) is 4.31 Å². The fourth-order valence-electron chi connectivity index (χ4n) is 5.55. The molecule has 0 saturated heterocycles. The highest BCUT2D eigenvalue weighted by molar-refractivity contribution is 7.89. The second kappa shape index (κ2) is 15.0. The number of aliphatic hydroxyl groups excluding tert-OH is 1. The number of primary amides is 1. The Morgan fingerprint density at radius 1 is 1.13 bits per heavy atom. The molecular formula is C31H35F3N4O8S. The maximum absolute atomic E-state index is 14.0. The van der Waals surface area contributed by atoms with Crippen molar-refractivity contribution in [3.63, 3.8) is 0 Å². The fourth-order valence-corrected chi connectivity index (χ4v) is 7.32. The van der Waals surface area contributed by atoms with Crippen LogP contribution < -0.4 is 20.1 Å². The third kappa shape index (κ3) is 8.69. The van der Waals surface area contributed by atoms with E-state index >= 15 is 0 Å². The zero-order valence-electron chi connectivity index (χ0n) is 25.5. The molecule has 12 nitrogen and oxygen atoms in total. The molecule has 0 fully saturated rings. The number of anilines is 1. The highest BCUT2D eigenvalue weighted by atomic mass is 32.2. The molecule has 3 aromatic rings. The molecule has 1 aliphatic heterocycles. The van der Waals surface area contributed by atoms with E-state index in [1.54, 1.807) is 13.0 Å². The number of halogens is 3. The summed E-state index contributed by atoms with van der Waals surface area (Å²) in [6.07, 6.45) is -3.42. The molecule has 0 saturated carbocycles. The summed E-state index contributed by atoms with van der Waals surface area (Å²) >= 11 is 0. The van der Waals surface area contributed by atoms with Gasteiger partial charge in [-0.2, -0.15) is 17.5 Å². The van der Waals surface area contributed by atoms with Crippen LogP contribution in [-0.2, 0) is 22.9 Å². The number of benzene rings is 3. The van der Waals surface area contributed by atoms with Gasteiger partial charge in [-0.25, -0.2) is 8.42 Å². The summed E-state index contributed by atoms with van der Waals surface area (Å²) in [7, 11) is -4.54. The average molecular weight is 681 g/mol. The van der Waals surface area contributed by atoms with Gasteiger partial charge in [0.05, 0.1) is 16.2 Å². The minimum atomic E-state index is -4.60. The zero-order chi connectivity index (χ0) is 34.4. The van der Waals surface area contributed by atoms with E-state index in [-0.39, 0.29) is 43.2 Å². The fraction of sp³-hybridized carbons (Fsp3) is 0.387. The van der Waals surface area contributed by atoms with Gasteiger partial charge in [-0.15, -0.1) is 0 Å². The second-order valence-electron chi connectivity index (χ2n) is 10.9. The van der Waals surface area contributed by atoms with Crippen molar-refractivity contribution in [2.75, 3.05) is 44.4 Å².